The Morgan fingerprint density at radius 3 is 2.50 bits per heavy atom. The van der Waals surface area contributed by atoms with Gasteiger partial charge in [0.25, 0.3) is 0 Å². The summed E-state index contributed by atoms with van der Waals surface area (Å²) in [5, 5.41) is 3.19. The van der Waals surface area contributed by atoms with Crippen molar-refractivity contribution < 1.29 is 4.79 Å². The van der Waals surface area contributed by atoms with E-state index in [1.165, 1.54) is 0 Å². The van der Waals surface area contributed by atoms with Crippen LogP contribution in [0.5, 0.6) is 0 Å². The van der Waals surface area contributed by atoms with Crippen molar-refractivity contribution in [3.8, 4) is 0 Å². The minimum atomic E-state index is 0.601. The van der Waals surface area contributed by atoms with Crippen molar-refractivity contribution >= 4 is 6.41 Å². The molecule has 0 aromatic carbocycles. The normalized spacial score (nSPS) is 21.1. The van der Waals surface area contributed by atoms with Crippen molar-refractivity contribution in [1.82, 2.24) is 10.2 Å². The lowest BCUT2D eigenvalue weighted by Gasteiger charge is -2.27. The highest BCUT2D eigenvalue weighted by molar-refractivity contribution is 5.48. The summed E-state index contributed by atoms with van der Waals surface area (Å²) in [6, 6.07) is 0.601. The molecule has 1 saturated heterocycles. The van der Waals surface area contributed by atoms with Gasteiger partial charge in [-0.25, -0.2) is 0 Å². The fraction of sp³-hybridized carbons (Fsp3) is 0.857. The molecule has 0 aliphatic carbocycles. The molecule has 0 aromatic heterocycles. The van der Waals surface area contributed by atoms with Crippen LogP contribution in [-0.4, -0.2) is 37.5 Å². The molecule has 10 heavy (non-hydrogen) atoms. The van der Waals surface area contributed by atoms with Gasteiger partial charge >= 0.3 is 6.41 Å². The molecule has 1 rings (SSSR count). The van der Waals surface area contributed by atoms with Crippen LogP contribution >= 0.6 is 0 Å². The van der Waals surface area contributed by atoms with Crippen molar-refractivity contribution in [3.05, 3.63) is 0 Å². The van der Waals surface area contributed by atoms with E-state index in [0.717, 1.165) is 25.9 Å². The molecule has 1 heterocycles. The molecule has 1 aliphatic heterocycles. The molecule has 3 heteroatoms. The predicted octanol–water partition coefficient (Wildman–Crippen LogP) is -0.263. The summed E-state index contributed by atoms with van der Waals surface area (Å²) in [6.07, 6.45) is 4.03. The first-order chi connectivity index (χ1) is 4.86. The fourth-order valence-electron chi connectivity index (χ4n) is 1.26. The van der Waals surface area contributed by atoms with Crippen LogP contribution in [0.2, 0.25) is 0 Å². The summed E-state index contributed by atoms with van der Waals surface area (Å²) in [5.41, 5.74) is 0. The third-order valence-electron chi connectivity index (χ3n) is 2.03. The van der Waals surface area contributed by atoms with E-state index in [4.69, 9.17) is 0 Å². The summed E-state index contributed by atoms with van der Waals surface area (Å²) in [6.45, 7) is 1.71. The second-order valence-corrected chi connectivity index (χ2v) is 2.64. The van der Waals surface area contributed by atoms with Crippen molar-refractivity contribution in [2.45, 2.75) is 18.9 Å². The molecule has 0 spiro atoms. The molecule has 1 amide bonds. The number of nitrogens with zero attached hydrogens (tertiary/aromatic N) is 1. The summed E-state index contributed by atoms with van der Waals surface area (Å²) < 4.78 is 0. The first kappa shape index (κ1) is 7.54. The highest BCUT2D eigenvalue weighted by Gasteiger charge is 2.15. The van der Waals surface area contributed by atoms with Gasteiger partial charge in [-0.05, 0) is 19.9 Å². The number of hydrogen-bond donors (Lipinski definition) is 1. The van der Waals surface area contributed by atoms with Crippen molar-refractivity contribution in [2.24, 2.45) is 0 Å². The van der Waals surface area contributed by atoms with E-state index in [9.17, 15) is 4.79 Å². The maximum absolute atomic E-state index is 10.1. The van der Waals surface area contributed by atoms with Crippen LogP contribution in [0.15, 0.2) is 0 Å². The van der Waals surface area contributed by atoms with Crippen molar-refractivity contribution in [2.75, 3.05) is 20.1 Å². The smallest absolute Gasteiger partial charge is 0.312 e. The second kappa shape index (κ2) is 3.56. The van der Waals surface area contributed by atoms with Crippen molar-refractivity contribution in [3.63, 3.8) is 0 Å². The van der Waals surface area contributed by atoms with Gasteiger partial charge in [-0.15, -0.1) is 0 Å². The number of nitrogens with one attached hydrogen (secondary N) is 1. The third kappa shape index (κ3) is 1.70. The summed E-state index contributed by atoms with van der Waals surface area (Å²) >= 11 is 0. The molecule has 3 nitrogen and oxygen atoms in total. The van der Waals surface area contributed by atoms with Crippen LogP contribution in [0.3, 0.4) is 0 Å². The summed E-state index contributed by atoms with van der Waals surface area (Å²) in [4.78, 5) is 11.8. The maximum Gasteiger partial charge on any atom is 0.312 e. The number of carbonyl (C=O) groups excluding carboxylic acids is 1. The van der Waals surface area contributed by atoms with E-state index in [1.54, 1.807) is 4.90 Å². The number of likely N-dealkylation sites (tertiary alicyclic amines) is 1. The number of rotatable bonds is 2. The van der Waals surface area contributed by atoms with Gasteiger partial charge in [0.05, 0.1) is 0 Å². The van der Waals surface area contributed by atoms with E-state index < -0.39 is 0 Å². The molecular weight excluding hydrogens is 128 g/mol. The van der Waals surface area contributed by atoms with Crippen LogP contribution in [0.1, 0.15) is 12.8 Å². The first-order valence-corrected chi connectivity index (χ1v) is 3.67. The molecule has 0 atom stereocenters. The highest BCUT2D eigenvalue weighted by Crippen LogP contribution is 2.06. The molecule has 1 fully saturated rings. The van der Waals surface area contributed by atoms with Gasteiger partial charge in [-0.1, -0.05) is 0 Å². The molecule has 1 N–H and O–H groups in total. The van der Waals surface area contributed by atoms with E-state index in [-0.39, 0.29) is 0 Å². The molecule has 0 saturated carbocycles. The minimum absolute atomic E-state index is 0.601. The average Bonchev–Trinajstić information content (AvgIpc) is 2.05. The Bertz CT molecular complexity index is 108. The zero-order chi connectivity index (χ0) is 7.40. The van der Waals surface area contributed by atoms with E-state index in [0.29, 0.717) is 6.04 Å². The van der Waals surface area contributed by atoms with Crippen LogP contribution in [0.4, 0.5) is 0 Å². The van der Waals surface area contributed by atoms with E-state index in [1.807, 2.05) is 13.5 Å². The van der Waals surface area contributed by atoms with Crippen LogP contribution in [0.25, 0.3) is 0 Å². The van der Waals surface area contributed by atoms with Gasteiger partial charge in [-0.3, -0.25) is 4.79 Å². The lowest BCUT2D eigenvalue weighted by atomic mass is 10.1. The van der Waals surface area contributed by atoms with E-state index >= 15 is 0 Å². The van der Waals surface area contributed by atoms with E-state index in [2.05, 4.69) is 5.32 Å². The van der Waals surface area contributed by atoms with Gasteiger partial charge < -0.3 is 10.2 Å². The molecule has 0 aromatic rings. The molecule has 0 bridgehead atoms. The fourth-order valence-corrected chi connectivity index (χ4v) is 1.26. The molecule has 57 valence electrons. The van der Waals surface area contributed by atoms with Crippen molar-refractivity contribution in [1.29, 1.82) is 0 Å². The number of amides is 1. The van der Waals surface area contributed by atoms with Gasteiger partial charge in [-0.2, -0.15) is 0 Å². The highest BCUT2D eigenvalue weighted by atomic mass is 16.1. The minimum Gasteiger partial charge on any atom is -0.334 e. The Labute approximate surface area is 61.4 Å². The monoisotopic (exact) mass is 141 g/mol. The predicted molar refractivity (Wildman–Crippen MR) is 39.3 cm³/mol. The summed E-state index contributed by atoms with van der Waals surface area (Å²) in [5.74, 6) is 0. The quantitative estimate of drug-likeness (QED) is 0.574. The Hall–Kier alpha value is -0.570. The zero-order valence-electron chi connectivity index (χ0n) is 6.26. The Morgan fingerprint density at radius 1 is 1.50 bits per heavy atom. The molecule has 0 unspecified atom stereocenters. The standard InChI is InChI=1S/C7H13N2O/c1-8-7-2-4-9(6-10)5-3-7/h7-8H,2-5H2,1H3. The lowest BCUT2D eigenvalue weighted by molar-refractivity contribution is 0.279. The Kier molecular flexibility index (Phi) is 2.68. The topological polar surface area (TPSA) is 32.3 Å². The zero-order valence-corrected chi connectivity index (χ0v) is 6.26. The largest absolute Gasteiger partial charge is 0.334 e. The molecule has 1 aliphatic rings. The Balaban J connectivity index is 2.23. The lowest BCUT2D eigenvalue weighted by Crippen LogP contribution is -2.40. The van der Waals surface area contributed by atoms with Gasteiger partial charge in [0.15, 0.2) is 0 Å². The second-order valence-electron chi connectivity index (χ2n) is 2.64. The van der Waals surface area contributed by atoms with Crippen LogP contribution in [0, 0.1) is 0 Å². The van der Waals surface area contributed by atoms with Gasteiger partial charge in [0.2, 0.25) is 0 Å². The first-order valence-electron chi connectivity index (χ1n) is 3.67. The number of piperidine rings is 1. The molecular formula is C7H13N2O. The summed E-state index contributed by atoms with van der Waals surface area (Å²) in [7, 11) is 1.96. The van der Waals surface area contributed by atoms with Crippen LogP contribution in [-0.2, 0) is 4.79 Å². The molecule has 1 radical (unpaired) electrons. The third-order valence-corrected chi connectivity index (χ3v) is 2.03. The maximum atomic E-state index is 10.1. The Morgan fingerprint density at radius 2 is 2.10 bits per heavy atom. The van der Waals surface area contributed by atoms with Gasteiger partial charge in [0, 0.05) is 19.1 Å². The SMILES string of the molecule is CNC1CCN([C]=O)CC1. The number of hydrogen-bond acceptors (Lipinski definition) is 2. The van der Waals surface area contributed by atoms with Crippen LogP contribution < -0.4 is 5.32 Å². The van der Waals surface area contributed by atoms with Gasteiger partial charge in [0.1, 0.15) is 0 Å². The average molecular weight is 141 g/mol.